The number of allylic oxidation sites excluding steroid dienone is 1. The van der Waals surface area contributed by atoms with Gasteiger partial charge in [-0.25, -0.2) is 8.42 Å². The summed E-state index contributed by atoms with van der Waals surface area (Å²) in [5, 5.41) is 0. The van der Waals surface area contributed by atoms with Crippen LogP contribution in [0.5, 0.6) is 0 Å². The summed E-state index contributed by atoms with van der Waals surface area (Å²) in [5.74, 6) is 0.149. The fraction of sp³-hybridized carbons (Fsp3) is 0.778. The predicted octanol–water partition coefficient (Wildman–Crippen LogP) is 2.53. The fourth-order valence-electron chi connectivity index (χ4n) is 3.87. The molecule has 2 aliphatic rings. The van der Waals surface area contributed by atoms with Gasteiger partial charge in [0.2, 0.25) is 15.9 Å². The normalized spacial score (nSPS) is 25.0. The minimum atomic E-state index is -3.55. The summed E-state index contributed by atoms with van der Waals surface area (Å²) in [6.07, 6.45) is 1.56. The smallest absolute Gasteiger partial charge is 0.238 e. The van der Waals surface area contributed by atoms with Crippen LogP contribution in [0.15, 0.2) is 16.3 Å². The third-order valence-electron chi connectivity index (χ3n) is 4.60. The zero-order valence-corrected chi connectivity index (χ0v) is 17.4. The number of fused-ring (bicyclic) bond motifs is 1. The minimum absolute atomic E-state index is 0.0530. The zero-order chi connectivity index (χ0) is 19.4. The molecule has 7 heteroatoms. The van der Waals surface area contributed by atoms with Crippen molar-refractivity contribution in [2.24, 2.45) is 21.7 Å². The van der Waals surface area contributed by atoms with Gasteiger partial charge >= 0.3 is 0 Å². The standard InChI is InChI=1S/C18H31N3O3S/c1-11-14(17(2,3)4)13-9-12(15(22)20-25(8,23)24)10-21(13)16(19-11)18(5,6)7/h11-12H,9-10H2,1-8H3,(H,20,22)/t11-,12-/m0/s1. The quantitative estimate of drug-likeness (QED) is 0.811. The van der Waals surface area contributed by atoms with Gasteiger partial charge in [0.25, 0.3) is 0 Å². The highest BCUT2D eigenvalue weighted by molar-refractivity contribution is 7.89. The third-order valence-corrected chi connectivity index (χ3v) is 5.18. The third kappa shape index (κ3) is 4.25. The van der Waals surface area contributed by atoms with E-state index in [9.17, 15) is 13.2 Å². The van der Waals surface area contributed by atoms with Crippen LogP contribution in [0.3, 0.4) is 0 Å². The molecule has 2 heterocycles. The van der Waals surface area contributed by atoms with Crippen molar-refractivity contribution in [1.29, 1.82) is 0 Å². The van der Waals surface area contributed by atoms with Crippen molar-refractivity contribution in [2.75, 3.05) is 12.8 Å². The van der Waals surface area contributed by atoms with E-state index in [0.717, 1.165) is 17.8 Å². The second-order valence-corrected chi connectivity index (χ2v) is 11.0. The number of aliphatic imine (C=N–C) groups is 1. The molecule has 2 rings (SSSR count). The molecule has 2 atom stereocenters. The van der Waals surface area contributed by atoms with Gasteiger partial charge < -0.3 is 4.90 Å². The van der Waals surface area contributed by atoms with Crippen LogP contribution in [-0.2, 0) is 14.8 Å². The number of amides is 1. The maximum Gasteiger partial charge on any atom is 0.238 e. The number of carbonyl (C=O) groups is 1. The van der Waals surface area contributed by atoms with E-state index in [4.69, 9.17) is 4.99 Å². The molecule has 1 N–H and O–H groups in total. The van der Waals surface area contributed by atoms with Crippen molar-refractivity contribution in [3.63, 3.8) is 0 Å². The van der Waals surface area contributed by atoms with Crippen molar-refractivity contribution >= 4 is 21.8 Å². The monoisotopic (exact) mass is 369 g/mol. The topological polar surface area (TPSA) is 78.8 Å². The number of carbonyl (C=O) groups excluding carboxylic acids is 1. The van der Waals surface area contributed by atoms with E-state index in [1.807, 2.05) is 0 Å². The molecule has 0 aliphatic carbocycles. The average molecular weight is 370 g/mol. The summed E-state index contributed by atoms with van der Waals surface area (Å²) in [6, 6.07) is 0.0530. The summed E-state index contributed by atoms with van der Waals surface area (Å²) in [5.41, 5.74) is 2.15. The van der Waals surface area contributed by atoms with Crippen LogP contribution >= 0.6 is 0 Å². The van der Waals surface area contributed by atoms with Gasteiger partial charge in [0.15, 0.2) is 0 Å². The first-order chi connectivity index (χ1) is 11.1. The molecule has 25 heavy (non-hydrogen) atoms. The lowest BCUT2D eigenvalue weighted by Gasteiger charge is -2.41. The Hall–Kier alpha value is -1.37. The molecule has 6 nitrogen and oxygen atoms in total. The van der Waals surface area contributed by atoms with E-state index in [0.29, 0.717) is 13.0 Å². The summed E-state index contributed by atoms with van der Waals surface area (Å²) < 4.78 is 25.0. The van der Waals surface area contributed by atoms with Gasteiger partial charge in [-0.3, -0.25) is 14.5 Å². The van der Waals surface area contributed by atoms with Gasteiger partial charge in [0.05, 0.1) is 18.2 Å². The molecule has 142 valence electrons. The molecule has 1 amide bonds. The number of amidine groups is 1. The lowest BCUT2D eigenvalue weighted by atomic mass is 9.79. The van der Waals surface area contributed by atoms with Gasteiger partial charge in [-0.15, -0.1) is 0 Å². The Kier molecular flexibility index (Phi) is 4.87. The van der Waals surface area contributed by atoms with Gasteiger partial charge in [-0.2, -0.15) is 0 Å². The largest absolute Gasteiger partial charge is 0.333 e. The number of hydrogen-bond donors (Lipinski definition) is 1. The number of hydrogen-bond acceptors (Lipinski definition) is 5. The summed E-state index contributed by atoms with van der Waals surface area (Å²) in [6.45, 7) is 15.4. The van der Waals surface area contributed by atoms with Crippen LogP contribution in [0.2, 0.25) is 0 Å². The van der Waals surface area contributed by atoms with E-state index < -0.39 is 15.9 Å². The Bertz CT molecular complexity index is 737. The summed E-state index contributed by atoms with van der Waals surface area (Å²) in [4.78, 5) is 19.5. The molecule has 2 aliphatic heterocycles. The molecule has 0 saturated carbocycles. The van der Waals surface area contributed by atoms with E-state index in [1.54, 1.807) is 0 Å². The van der Waals surface area contributed by atoms with Gasteiger partial charge in [-0.1, -0.05) is 41.5 Å². The van der Waals surface area contributed by atoms with Gasteiger partial charge in [0.1, 0.15) is 5.84 Å². The average Bonchev–Trinajstić information content (AvgIpc) is 2.76. The lowest BCUT2D eigenvalue weighted by Crippen LogP contribution is -2.44. The lowest BCUT2D eigenvalue weighted by molar-refractivity contribution is -0.122. The van der Waals surface area contributed by atoms with Crippen molar-refractivity contribution in [1.82, 2.24) is 9.62 Å². The molecule has 0 aromatic heterocycles. The molecule has 1 fully saturated rings. The van der Waals surface area contributed by atoms with Crippen LogP contribution in [0.1, 0.15) is 54.9 Å². The highest BCUT2D eigenvalue weighted by atomic mass is 32.2. The van der Waals surface area contributed by atoms with Crippen LogP contribution < -0.4 is 4.72 Å². The molecular formula is C18H31N3O3S. The van der Waals surface area contributed by atoms with Crippen molar-refractivity contribution in [3.8, 4) is 0 Å². The Morgan fingerprint density at radius 1 is 1.16 bits per heavy atom. The van der Waals surface area contributed by atoms with Crippen molar-refractivity contribution < 1.29 is 13.2 Å². The van der Waals surface area contributed by atoms with Crippen LogP contribution in [-0.4, -0.2) is 43.9 Å². The second kappa shape index (κ2) is 6.11. The molecular weight excluding hydrogens is 338 g/mol. The molecule has 0 aromatic rings. The van der Waals surface area contributed by atoms with Crippen LogP contribution in [0.25, 0.3) is 0 Å². The van der Waals surface area contributed by atoms with Gasteiger partial charge in [0, 0.05) is 24.1 Å². The maximum atomic E-state index is 12.4. The first-order valence-electron chi connectivity index (χ1n) is 8.72. The number of sulfonamides is 1. The van der Waals surface area contributed by atoms with Crippen LogP contribution in [0, 0.1) is 16.7 Å². The van der Waals surface area contributed by atoms with Crippen molar-refractivity contribution in [2.45, 2.75) is 60.9 Å². The number of nitrogens with one attached hydrogen (secondary N) is 1. The summed E-state index contributed by atoms with van der Waals surface area (Å²) in [7, 11) is -3.55. The summed E-state index contributed by atoms with van der Waals surface area (Å²) >= 11 is 0. The Balaban J connectivity index is 2.46. The Morgan fingerprint density at radius 3 is 2.16 bits per heavy atom. The molecule has 0 radical (unpaired) electrons. The first-order valence-corrected chi connectivity index (χ1v) is 10.6. The van der Waals surface area contributed by atoms with E-state index >= 15 is 0 Å². The number of nitrogens with zero attached hydrogens (tertiary/aromatic N) is 2. The second-order valence-electron chi connectivity index (χ2n) is 9.24. The van der Waals surface area contributed by atoms with E-state index in [1.165, 1.54) is 5.57 Å². The molecule has 0 aromatic carbocycles. The van der Waals surface area contributed by atoms with E-state index in [2.05, 4.69) is 58.1 Å². The molecule has 1 saturated heterocycles. The molecule has 0 unspecified atom stereocenters. The zero-order valence-electron chi connectivity index (χ0n) is 16.6. The SMILES string of the molecule is C[C@@H]1N=C(C(C)(C)C)N2C[C@@H](C(=O)NS(C)(=O)=O)CC2=C1C(C)(C)C. The number of rotatable bonds is 2. The van der Waals surface area contributed by atoms with Crippen LogP contribution in [0.4, 0.5) is 0 Å². The predicted molar refractivity (Wildman–Crippen MR) is 101 cm³/mol. The molecule has 0 spiro atoms. The van der Waals surface area contributed by atoms with Crippen molar-refractivity contribution in [3.05, 3.63) is 11.3 Å². The first kappa shape index (κ1) is 19.9. The Labute approximate surface area is 151 Å². The highest BCUT2D eigenvalue weighted by Gasteiger charge is 2.44. The Morgan fingerprint density at radius 2 is 1.72 bits per heavy atom. The van der Waals surface area contributed by atoms with E-state index in [-0.39, 0.29) is 22.8 Å². The minimum Gasteiger partial charge on any atom is -0.333 e. The fourth-order valence-corrected chi connectivity index (χ4v) is 4.40. The maximum absolute atomic E-state index is 12.4. The highest BCUT2D eigenvalue weighted by Crippen LogP contribution is 2.44. The van der Waals surface area contributed by atoms with Gasteiger partial charge in [-0.05, 0) is 17.9 Å². The molecule has 0 bridgehead atoms.